The predicted molar refractivity (Wildman–Crippen MR) is 146 cm³/mol. The van der Waals surface area contributed by atoms with Gasteiger partial charge in [-0.25, -0.2) is 0 Å². The van der Waals surface area contributed by atoms with Gasteiger partial charge in [0.2, 0.25) is 0 Å². The molecule has 1 aliphatic heterocycles. The Morgan fingerprint density at radius 3 is 1.27 bits per heavy atom. The number of methoxy groups -OCH3 is 3. The summed E-state index contributed by atoms with van der Waals surface area (Å²) >= 11 is 0. The fraction of sp³-hybridized carbons (Fsp3) is 0.857. The summed E-state index contributed by atoms with van der Waals surface area (Å²) in [6, 6.07) is 0. The molecule has 3 saturated carbocycles. The molecule has 230 valence electrons. The van der Waals surface area contributed by atoms with Crippen molar-refractivity contribution in [3.05, 3.63) is 0 Å². The Kier molecular flexibility index (Phi) is 11.7. The molecule has 0 radical (unpaired) electrons. The molecule has 1 saturated heterocycles. The van der Waals surface area contributed by atoms with Crippen LogP contribution in [0.5, 0.6) is 0 Å². The molecule has 12 nitrogen and oxygen atoms in total. The van der Waals surface area contributed by atoms with Crippen molar-refractivity contribution in [3.63, 3.8) is 0 Å². The average Bonchev–Trinajstić information content (AvgIpc) is 3.41. The lowest BCUT2D eigenvalue weighted by molar-refractivity contribution is -0.189. The maximum Gasteiger partial charge on any atom is 0.325 e. The molecular formula is C28H49N3O9. The Balaban J connectivity index is 0.000000212. The lowest BCUT2D eigenvalue weighted by Crippen LogP contribution is -2.54. The number of esters is 3. The van der Waals surface area contributed by atoms with Crippen molar-refractivity contribution in [2.45, 2.75) is 113 Å². The van der Waals surface area contributed by atoms with E-state index in [0.717, 1.165) is 25.7 Å². The smallest absolute Gasteiger partial charge is 0.325 e. The lowest BCUT2D eigenvalue weighted by atomic mass is 9.70. The van der Waals surface area contributed by atoms with Crippen LogP contribution >= 0.6 is 0 Å². The van der Waals surface area contributed by atoms with Crippen LogP contribution in [0.15, 0.2) is 0 Å². The number of carbonyl (C=O) groups excluding carboxylic acids is 4. The van der Waals surface area contributed by atoms with Gasteiger partial charge in [-0.1, -0.05) is 13.8 Å². The molecule has 4 aliphatic rings. The Labute approximate surface area is 237 Å². The largest absolute Gasteiger partial charge is 0.468 e. The SMILES string of the molecule is COC(=O)C1(N)CCC(=O)CC1.COC(=O)C1(N)CCC(C)(C)CC1.COC(=O)C1(N)CCC2(CC1)OCCO2. The van der Waals surface area contributed by atoms with Gasteiger partial charge in [-0.2, -0.15) is 0 Å². The van der Waals surface area contributed by atoms with E-state index in [1.165, 1.54) is 21.3 Å². The quantitative estimate of drug-likeness (QED) is 0.328. The zero-order valence-electron chi connectivity index (χ0n) is 24.8. The number of hydrogen-bond donors (Lipinski definition) is 3. The Hall–Kier alpha value is -2.12. The van der Waals surface area contributed by atoms with Gasteiger partial charge in [0.05, 0.1) is 34.5 Å². The zero-order chi connectivity index (χ0) is 30.2. The topological polar surface area (TPSA) is 192 Å². The van der Waals surface area contributed by atoms with Crippen LogP contribution in [-0.2, 0) is 42.9 Å². The summed E-state index contributed by atoms with van der Waals surface area (Å²) in [5, 5.41) is 0. The molecule has 0 aromatic carbocycles. The minimum Gasteiger partial charge on any atom is -0.468 e. The maximum atomic E-state index is 11.5. The van der Waals surface area contributed by atoms with Crippen molar-refractivity contribution in [1.82, 2.24) is 0 Å². The summed E-state index contributed by atoms with van der Waals surface area (Å²) in [4.78, 5) is 44.8. The number of nitrogens with two attached hydrogens (primary N) is 3. The molecule has 0 unspecified atom stereocenters. The highest BCUT2D eigenvalue weighted by atomic mass is 16.7. The number of hydrogen-bond acceptors (Lipinski definition) is 12. The highest BCUT2D eigenvalue weighted by Gasteiger charge is 2.48. The first-order valence-corrected chi connectivity index (χ1v) is 14.0. The van der Waals surface area contributed by atoms with Crippen LogP contribution in [-0.4, -0.2) is 80.6 Å². The molecular weight excluding hydrogens is 522 g/mol. The molecule has 0 aromatic rings. The second kappa shape index (κ2) is 13.7. The standard InChI is InChI=1S/C10H17NO4.C10H19NO2.C8H13NO3/c1-13-8(12)9(11)2-4-10(5-3-9)14-6-7-15-10;1-9(2)4-6-10(11,7-5-9)8(12)13-3;1-12-7(11)8(9)4-2-6(10)3-5-8/h2-7,11H2,1H3;4-7,11H2,1-3H3;2-5,9H2,1H3. The second-order valence-electron chi connectivity index (χ2n) is 12.3. The first-order valence-electron chi connectivity index (χ1n) is 14.0. The van der Waals surface area contributed by atoms with Gasteiger partial charge in [0.25, 0.3) is 0 Å². The third-order valence-corrected chi connectivity index (χ3v) is 8.69. The van der Waals surface area contributed by atoms with E-state index < -0.39 is 28.4 Å². The van der Waals surface area contributed by atoms with E-state index in [2.05, 4.69) is 18.6 Å². The van der Waals surface area contributed by atoms with Crippen LogP contribution in [0, 0.1) is 5.41 Å². The number of rotatable bonds is 3. The van der Waals surface area contributed by atoms with E-state index in [1.54, 1.807) is 0 Å². The molecule has 1 spiro atoms. The Bertz CT molecular complexity index is 885. The molecule has 12 heteroatoms. The molecule has 0 amide bonds. The molecule has 40 heavy (non-hydrogen) atoms. The number of ether oxygens (including phenoxy) is 5. The van der Waals surface area contributed by atoms with Gasteiger partial charge in [0, 0.05) is 25.7 Å². The zero-order valence-corrected chi connectivity index (χ0v) is 24.8. The summed E-state index contributed by atoms with van der Waals surface area (Å²) in [5.74, 6) is -1.30. The molecule has 6 N–H and O–H groups in total. The summed E-state index contributed by atoms with van der Waals surface area (Å²) < 4.78 is 25.1. The molecule has 3 aliphatic carbocycles. The van der Waals surface area contributed by atoms with E-state index in [9.17, 15) is 19.2 Å². The van der Waals surface area contributed by atoms with Crippen LogP contribution in [0.4, 0.5) is 0 Å². The third-order valence-electron chi connectivity index (χ3n) is 8.69. The van der Waals surface area contributed by atoms with Crippen molar-refractivity contribution in [1.29, 1.82) is 0 Å². The van der Waals surface area contributed by atoms with Crippen molar-refractivity contribution >= 4 is 23.7 Å². The second-order valence-corrected chi connectivity index (χ2v) is 12.3. The van der Waals surface area contributed by atoms with E-state index in [4.69, 9.17) is 36.1 Å². The van der Waals surface area contributed by atoms with Crippen LogP contribution < -0.4 is 17.2 Å². The number of carbonyl (C=O) groups is 4. The third kappa shape index (κ3) is 8.69. The molecule has 4 fully saturated rings. The van der Waals surface area contributed by atoms with E-state index in [0.29, 0.717) is 70.0 Å². The lowest BCUT2D eigenvalue weighted by Gasteiger charge is -2.39. The van der Waals surface area contributed by atoms with Crippen LogP contribution in [0.2, 0.25) is 0 Å². The molecule has 0 atom stereocenters. The van der Waals surface area contributed by atoms with Crippen LogP contribution in [0.3, 0.4) is 0 Å². The maximum absolute atomic E-state index is 11.5. The normalized spacial score (nSPS) is 27.6. The predicted octanol–water partition coefficient (Wildman–Crippen LogP) is 1.63. The number of ketones is 1. The van der Waals surface area contributed by atoms with Crippen LogP contribution in [0.1, 0.15) is 90.9 Å². The van der Waals surface area contributed by atoms with E-state index >= 15 is 0 Å². The minimum absolute atomic E-state index is 0.181. The Morgan fingerprint density at radius 1 is 0.600 bits per heavy atom. The van der Waals surface area contributed by atoms with Gasteiger partial charge >= 0.3 is 17.9 Å². The van der Waals surface area contributed by atoms with Crippen molar-refractivity contribution in [2.75, 3.05) is 34.5 Å². The average molecular weight is 572 g/mol. The minimum atomic E-state index is -0.914. The van der Waals surface area contributed by atoms with Crippen molar-refractivity contribution in [3.8, 4) is 0 Å². The number of Topliss-reactive ketones (excluding diaryl/α,β-unsaturated/α-hetero) is 1. The van der Waals surface area contributed by atoms with Gasteiger partial charge in [-0.15, -0.1) is 0 Å². The molecule has 0 bridgehead atoms. The fourth-order valence-corrected chi connectivity index (χ4v) is 5.43. The molecule has 4 rings (SSSR count). The van der Waals surface area contributed by atoms with Crippen molar-refractivity contribution < 1.29 is 42.9 Å². The monoisotopic (exact) mass is 571 g/mol. The van der Waals surface area contributed by atoms with Crippen LogP contribution in [0.25, 0.3) is 0 Å². The van der Waals surface area contributed by atoms with Gasteiger partial charge in [-0.05, 0) is 56.8 Å². The molecule has 0 aromatic heterocycles. The highest BCUT2D eigenvalue weighted by Crippen LogP contribution is 2.40. The first kappa shape index (κ1) is 34.1. The summed E-state index contributed by atoms with van der Waals surface area (Å²) in [5.41, 5.74) is 15.5. The fourth-order valence-electron chi connectivity index (χ4n) is 5.43. The van der Waals surface area contributed by atoms with E-state index in [-0.39, 0.29) is 17.7 Å². The first-order chi connectivity index (χ1) is 18.6. The van der Waals surface area contributed by atoms with E-state index in [1.807, 2.05) is 0 Å². The Morgan fingerprint density at radius 2 is 0.925 bits per heavy atom. The van der Waals surface area contributed by atoms with Gasteiger partial charge in [0.1, 0.15) is 22.4 Å². The summed E-state index contributed by atoms with van der Waals surface area (Å²) in [6.07, 6.45) is 7.54. The summed E-state index contributed by atoms with van der Waals surface area (Å²) in [6.45, 7) is 5.69. The molecule has 1 heterocycles. The van der Waals surface area contributed by atoms with Crippen molar-refractivity contribution in [2.24, 2.45) is 22.6 Å². The van der Waals surface area contributed by atoms with Gasteiger partial charge in [-0.3, -0.25) is 19.2 Å². The van der Waals surface area contributed by atoms with Gasteiger partial charge < -0.3 is 40.9 Å². The highest BCUT2D eigenvalue weighted by molar-refractivity contribution is 5.86. The summed E-state index contributed by atoms with van der Waals surface area (Å²) in [7, 11) is 4.08. The van der Waals surface area contributed by atoms with Gasteiger partial charge in [0.15, 0.2) is 5.79 Å².